The fourth-order valence-corrected chi connectivity index (χ4v) is 2.25. The Balaban J connectivity index is 1.91. The van der Waals surface area contributed by atoms with Crippen LogP contribution in [-0.2, 0) is 0 Å². The van der Waals surface area contributed by atoms with Crippen LogP contribution >= 0.6 is 0 Å². The molecule has 22 heavy (non-hydrogen) atoms. The monoisotopic (exact) mass is 289 g/mol. The molecule has 0 spiro atoms. The average molecular weight is 289 g/mol. The van der Waals surface area contributed by atoms with E-state index in [4.69, 9.17) is 4.42 Å². The van der Waals surface area contributed by atoms with E-state index >= 15 is 0 Å². The largest absolute Gasteiger partial charge is 0.435 e. The maximum atomic E-state index is 9.34. The van der Waals surface area contributed by atoms with Gasteiger partial charge in [-0.3, -0.25) is 0 Å². The maximum absolute atomic E-state index is 9.34. The second-order valence-corrected chi connectivity index (χ2v) is 5.12. The molecule has 0 amide bonds. The molecule has 0 unspecified atom stereocenters. The lowest BCUT2D eigenvalue weighted by molar-refractivity contribution is 0.586. The number of allylic oxidation sites excluding steroid dienone is 1. The summed E-state index contributed by atoms with van der Waals surface area (Å²) in [5, 5.41) is 12.5. The second-order valence-electron chi connectivity index (χ2n) is 5.12. The lowest BCUT2D eigenvalue weighted by Crippen LogP contribution is -1.94. The van der Waals surface area contributed by atoms with Gasteiger partial charge in [-0.15, -0.1) is 0 Å². The number of fused-ring (bicyclic) bond motifs is 1. The molecule has 1 aromatic heterocycles. The Hall–Kier alpha value is -3.06. The summed E-state index contributed by atoms with van der Waals surface area (Å²) in [4.78, 5) is 4.34. The SMILES string of the molecule is Cc1ccc(N/C=C(\C#N)c2nc3ccccc3o2)c(C)c1. The maximum Gasteiger partial charge on any atom is 0.239 e. The van der Waals surface area contributed by atoms with Gasteiger partial charge in [0.05, 0.1) is 0 Å². The average Bonchev–Trinajstić information content (AvgIpc) is 2.93. The molecule has 0 radical (unpaired) electrons. The molecule has 0 atom stereocenters. The van der Waals surface area contributed by atoms with E-state index in [1.54, 1.807) is 6.20 Å². The molecular formula is C18H15N3O. The fourth-order valence-electron chi connectivity index (χ4n) is 2.25. The number of nitrogens with zero attached hydrogens (tertiary/aromatic N) is 2. The number of hydrogen-bond donors (Lipinski definition) is 1. The summed E-state index contributed by atoms with van der Waals surface area (Å²) in [6.45, 7) is 4.07. The van der Waals surface area contributed by atoms with E-state index in [1.165, 1.54) is 5.56 Å². The van der Waals surface area contributed by atoms with Crippen molar-refractivity contribution in [3.05, 3.63) is 65.7 Å². The van der Waals surface area contributed by atoms with Gasteiger partial charge in [0.1, 0.15) is 17.2 Å². The molecule has 0 bridgehead atoms. The fraction of sp³-hybridized carbons (Fsp3) is 0.111. The van der Waals surface area contributed by atoms with Crippen LogP contribution in [0.15, 0.2) is 53.1 Å². The Labute approximate surface area is 128 Å². The lowest BCUT2D eigenvalue weighted by Gasteiger charge is -2.06. The molecule has 2 aromatic carbocycles. The smallest absolute Gasteiger partial charge is 0.239 e. The predicted octanol–water partition coefficient (Wildman–Crippen LogP) is 4.42. The van der Waals surface area contributed by atoms with Gasteiger partial charge in [-0.25, -0.2) is 4.98 Å². The first-order chi connectivity index (χ1) is 10.7. The number of nitriles is 1. The standard InChI is InChI=1S/C18H15N3O/c1-12-7-8-15(13(2)9-12)20-11-14(10-19)18-21-16-5-3-4-6-17(16)22-18/h3-9,11,20H,1-2H3/b14-11+. The lowest BCUT2D eigenvalue weighted by atomic mass is 10.1. The molecule has 3 rings (SSSR count). The summed E-state index contributed by atoms with van der Waals surface area (Å²) < 4.78 is 5.62. The Bertz CT molecular complexity index is 867. The highest BCUT2D eigenvalue weighted by atomic mass is 16.3. The highest BCUT2D eigenvalue weighted by Crippen LogP contribution is 2.21. The zero-order valence-electron chi connectivity index (χ0n) is 12.4. The van der Waals surface area contributed by atoms with E-state index in [1.807, 2.05) is 50.2 Å². The van der Waals surface area contributed by atoms with Crippen LogP contribution in [0.5, 0.6) is 0 Å². The number of oxazole rings is 1. The normalized spacial score (nSPS) is 11.4. The molecule has 108 valence electrons. The Kier molecular flexibility index (Phi) is 3.63. The van der Waals surface area contributed by atoms with E-state index in [0.717, 1.165) is 16.8 Å². The first kappa shape index (κ1) is 13.9. The van der Waals surface area contributed by atoms with Gasteiger partial charge in [-0.1, -0.05) is 29.8 Å². The van der Waals surface area contributed by atoms with E-state index in [2.05, 4.69) is 22.4 Å². The van der Waals surface area contributed by atoms with Gasteiger partial charge in [-0.2, -0.15) is 5.26 Å². The highest BCUT2D eigenvalue weighted by molar-refractivity contribution is 5.80. The molecule has 4 heteroatoms. The summed E-state index contributed by atoms with van der Waals surface area (Å²) in [5.74, 6) is 0.320. The molecule has 1 heterocycles. The topological polar surface area (TPSA) is 61.9 Å². The van der Waals surface area contributed by atoms with Crippen molar-refractivity contribution in [1.82, 2.24) is 4.98 Å². The van der Waals surface area contributed by atoms with Crippen LogP contribution in [0.3, 0.4) is 0 Å². The number of para-hydroxylation sites is 2. The zero-order chi connectivity index (χ0) is 15.5. The van der Waals surface area contributed by atoms with E-state index in [9.17, 15) is 5.26 Å². The summed E-state index contributed by atoms with van der Waals surface area (Å²) in [6.07, 6.45) is 1.63. The van der Waals surface area contributed by atoms with Crippen molar-refractivity contribution < 1.29 is 4.42 Å². The van der Waals surface area contributed by atoms with Crippen molar-refractivity contribution in [3.8, 4) is 6.07 Å². The summed E-state index contributed by atoms with van der Waals surface area (Å²) in [6, 6.07) is 15.7. The summed E-state index contributed by atoms with van der Waals surface area (Å²) >= 11 is 0. The third kappa shape index (κ3) is 2.70. The van der Waals surface area contributed by atoms with Crippen LogP contribution in [0.25, 0.3) is 16.7 Å². The van der Waals surface area contributed by atoms with Gasteiger partial charge in [0, 0.05) is 11.9 Å². The van der Waals surface area contributed by atoms with Gasteiger partial charge in [0.2, 0.25) is 5.89 Å². The molecule has 4 nitrogen and oxygen atoms in total. The van der Waals surface area contributed by atoms with Crippen LogP contribution in [-0.4, -0.2) is 4.98 Å². The number of nitrogens with one attached hydrogen (secondary N) is 1. The molecule has 0 saturated carbocycles. The summed E-state index contributed by atoms with van der Waals surface area (Å²) in [5.41, 5.74) is 5.04. The molecule has 0 aliphatic heterocycles. The number of aromatic nitrogens is 1. The molecule has 0 aliphatic rings. The minimum absolute atomic E-state index is 0.320. The van der Waals surface area contributed by atoms with E-state index in [0.29, 0.717) is 17.0 Å². The van der Waals surface area contributed by atoms with Crippen molar-refractivity contribution >= 4 is 22.4 Å². The third-order valence-corrected chi connectivity index (χ3v) is 3.40. The first-order valence-electron chi connectivity index (χ1n) is 6.97. The van der Waals surface area contributed by atoms with Gasteiger partial charge < -0.3 is 9.73 Å². The molecule has 0 aliphatic carbocycles. The van der Waals surface area contributed by atoms with Crippen LogP contribution in [0.1, 0.15) is 17.0 Å². The van der Waals surface area contributed by atoms with Gasteiger partial charge in [0.25, 0.3) is 0 Å². The molecule has 0 fully saturated rings. The molecule has 0 saturated heterocycles. The van der Waals surface area contributed by atoms with Crippen molar-refractivity contribution in [2.24, 2.45) is 0 Å². The highest BCUT2D eigenvalue weighted by Gasteiger charge is 2.10. The predicted molar refractivity (Wildman–Crippen MR) is 87.1 cm³/mol. The van der Waals surface area contributed by atoms with E-state index < -0.39 is 0 Å². The van der Waals surface area contributed by atoms with E-state index in [-0.39, 0.29) is 0 Å². The molecule has 3 aromatic rings. The van der Waals surface area contributed by atoms with Crippen molar-refractivity contribution in [2.75, 3.05) is 5.32 Å². The summed E-state index contributed by atoms with van der Waals surface area (Å²) in [7, 11) is 0. The first-order valence-corrected chi connectivity index (χ1v) is 6.97. The van der Waals surface area contributed by atoms with Gasteiger partial charge in [0.15, 0.2) is 5.58 Å². The van der Waals surface area contributed by atoms with Crippen molar-refractivity contribution in [2.45, 2.75) is 13.8 Å². The molecule has 1 N–H and O–H groups in total. The number of rotatable bonds is 3. The second kappa shape index (κ2) is 5.74. The quantitative estimate of drug-likeness (QED) is 0.725. The van der Waals surface area contributed by atoms with Gasteiger partial charge >= 0.3 is 0 Å². The van der Waals surface area contributed by atoms with Crippen molar-refractivity contribution in [1.29, 1.82) is 5.26 Å². The number of anilines is 1. The number of benzene rings is 2. The Morgan fingerprint density at radius 2 is 2.05 bits per heavy atom. The number of hydrogen-bond acceptors (Lipinski definition) is 4. The van der Waals surface area contributed by atoms with Crippen LogP contribution in [0, 0.1) is 25.2 Å². The van der Waals surface area contributed by atoms with Gasteiger partial charge in [-0.05, 0) is 37.6 Å². The zero-order valence-corrected chi connectivity index (χ0v) is 12.4. The minimum atomic E-state index is 0.320. The minimum Gasteiger partial charge on any atom is -0.435 e. The number of aryl methyl sites for hydroxylation is 2. The van der Waals surface area contributed by atoms with Crippen LogP contribution in [0.2, 0.25) is 0 Å². The Morgan fingerprint density at radius 1 is 1.23 bits per heavy atom. The Morgan fingerprint density at radius 3 is 2.77 bits per heavy atom. The van der Waals surface area contributed by atoms with Crippen LogP contribution in [0.4, 0.5) is 5.69 Å². The van der Waals surface area contributed by atoms with Crippen molar-refractivity contribution in [3.63, 3.8) is 0 Å². The molecular weight excluding hydrogens is 274 g/mol. The third-order valence-electron chi connectivity index (χ3n) is 3.40. The van der Waals surface area contributed by atoms with Crippen LogP contribution < -0.4 is 5.32 Å².